The minimum Gasteiger partial charge on any atom is -0.490 e. The van der Waals surface area contributed by atoms with Crippen LogP contribution >= 0.6 is 15.9 Å². The number of nitrogens with one attached hydrogen (secondary N) is 1. The van der Waals surface area contributed by atoms with Gasteiger partial charge in [-0.1, -0.05) is 35.7 Å². The Morgan fingerprint density at radius 3 is 2.48 bits per heavy atom. The quantitative estimate of drug-likeness (QED) is 0.674. The summed E-state index contributed by atoms with van der Waals surface area (Å²) in [5.74, 6) is 1.30. The molecule has 148 valence electrons. The van der Waals surface area contributed by atoms with Crippen molar-refractivity contribution in [2.24, 2.45) is 5.92 Å². The molecule has 0 radical (unpaired) electrons. The number of benzene rings is 1. The molecule has 1 aliphatic carbocycles. The van der Waals surface area contributed by atoms with Gasteiger partial charge in [-0.2, -0.15) is 0 Å². The highest BCUT2D eigenvalue weighted by atomic mass is 79.9. The first-order valence-corrected chi connectivity index (χ1v) is 10.4. The molecule has 0 aromatic heterocycles. The molecular weight excluding hydrogens is 412 g/mol. The molecule has 3 amide bonds. The minimum absolute atomic E-state index is 0.113. The highest BCUT2D eigenvalue weighted by Gasteiger charge is 2.54. The van der Waals surface area contributed by atoms with Gasteiger partial charge in [0.05, 0.1) is 19.8 Å². The largest absolute Gasteiger partial charge is 0.490 e. The average molecular weight is 439 g/mol. The zero-order valence-electron chi connectivity index (χ0n) is 16.1. The van der Waals surface area contributed by atoms with E-state index in [0.29, 0.717) is 31.1 Å². The first kappa shape index (κ1) is 20.0. The van der Waals surface area contributed by atoms with Crippen molar-refractivity contribution in [2.45, 2.75) is 58.5 Å². The number of halogens is 1. The van der Waals surface area contributed by atoms with Crippen LogP contribution in [0, 0.1) is 5.92 Å². The molecule has 0 unspecified atom stereocenters. The molecule has 1 heterocycles. The lowest BCUT2D eigenvalue weighted by molar-refractivity contribution is -0.134. The lowest BCUT2D eigenvalue weighted by Gasteiger charge is -2.36. The van der Waals surface area contributed by atoms with Crippen LogP contribution in [-0.2, 0) is 11.3 Å². The van der Waals surface area contributed by atoms with E-state index >= 15 is 0 Å². The monoisotopic (exact) mass is 438 g/mol. The van der Waals surface area contributed by atoms with Gasteiger partial charge in [0.2, 0.25) is 0 Å². The fourth-order valence-corrected chi connectivity index (χ4v) is 4.49. The van der Waals surface area contributed by atoms with Gasteiger partial charge in [0.1, 0.15) is 5.54 Å². The Balaban J connectivity index is 1.87. The first-order chi connectivity index (χ1) is 12.9. The van der Waals surface area contributed by atoms with Gasteiger partial charge in [0, 0.05) is 4.47 Å². The predicted octanol–water partition coefficient (Wildman–Crippen LogP) is 4.25. The SMILES string of the molecule is CCOc1cc(Br)c(CN2C(=O)N[C@@]3(CCCC[C@H]3C)C2=O)cc1OCC. The van der Waals surface area contributed by atoms with Crippen LogP contribution in [0.2, 0.25) is 0 Å². The first-order valence-electron chi connectivity index (χ1n) is 9.65. The molecule has 1 aromatic carbocycles. The molecule has 6 nitrogen and oxygen atoms in total. The van der Waals surface area contributed by atoms with Crippen LogP contribution in [0.1, 0.15) is 52.0 Å². The van der Waals surface area contributed by atoms with Gasteiger partial charge in [-0.25, -0.2) is 4.79 Å². The standard InChI is InChI=1S/C20H27BrN2O4/c1-4-26-16-10-14(15(21)11-17(16)27-5-2)12-23-18(24)20(22-19(23)25)9-7-6-8-13(20)3/h10-11,13H,4-9,12H2,1-3H3,(H,22,25)/t13-,20-/m1/s1. The third kappa shape index (κ3) is 3.66. The summed E-state index contributed by atoms with van der Waals surface area (Å²) >= 11 is 3.54. The van der Waals surface area contributed by atoms with E-state index in [4.69, 9.17) is 9.47 Å². The Kier molecular flexibility index (Phi) is 5.99. The van der Waals surface area contributed by atoms with Crippen LogP contribution in [0.3, 0.4) is 0 Å². The summed E-state index contributed by atoms with van der Waals surface area (Å²) in [6.45, 7) is 7.11. The fourth-order valence-electron chi connectivity index (χ4n) is 4.04. The Bertz CT molecular complexity index is 739. The van der Waals surface area contributed by atoms with Gasteiger partial charge < -0.3 is 14.8 Å². The number of amides is 3. The summed E-state index contributed by atoms with van der Waals surface area (Å²) < 4.78 is 12.1. The second kappa shape index (κ2) is 8.09. The highest BCUT2D eigenvalue weighted by Crippen LogP contribution is 2.40. The summed E-state index contributed by atoms with van der Waals surface area (Å²) in [6.07, 6.45) is 3.74. The normalized spacial score (nSPS) is 25.0. The second-order valence-corrected chi connectivity index (χ2v) is 8.05. The number of carbonyl (C=O) groups is 2. The number of urea groups is 1. The van der Waals surface area contributed by atoms with E-state index in [1.54, 1.807) is 0 Å². The Hall–Kier alpha value is -1.76. The van der Waals surface area contributed by atoms with E-state index < -0.39 is 5.54 Å². The number of rotatable bonds is 6. The number of carbonyl (C=O) groups excluding carboxylic acids is 2. The van der Waals surface area contributed by atoms with Crippen LogP contribution in [0.15, 0.2) is 16.6 Å². The van der Waals surface area contributed by atoms with Crippen molar-refractivity contribution < 1.29 is 19.1 Å². The molecule has 3 rings (SSSR count). The summed E-state index contributed by atoms with van der Waals surface area (Å²) in [5, 5.41) is 3.00. The predicted molar refractivity (Wildman–Crippen MR) is 106 cm³/mol. The summed E-state index contributed by atoms with van der Waals surface area (Å²) in [6, 6.07) is 3.36. The summed E-state index contributed by atoms with van der Waals surface area (Å²) in [5.41, 5.74) is 0.0708. The van der Waals surface area contributed by atoms with Gasteiger partial charge in [0.15, 0.2) is 11.5 Å². The van der Waals surface area contributed by atoms with Crippen molar-refractivity contribution in [2.75, 3.05) is 13.2 Å². The topological polar surface area (TPSA) is 67.9 Å². The van der Waals surface area contributed by atoms with E-state index in [1.165, 1.54) is 4.90 Å². The third-order valence-electron chi connectivity index (χ3n) is 5.54. The molecule has 1 saturated carbocycles. The van der Waals surface area contributed by atoms with Crippen molar-refractivity contribution in [3.63, 3.8) is 0 Å². The number of nitrogens with zero attached hydrogens (tertiary/aromatic N) is 1. The molecule has 1 saturated heterocycles. The second-order valence-electron chi connectivity index (χ2n) is 7.20. The third-order valence-corrected chi connectivity index (χ3v) is 6.28. The zero-order valence-corrected chi connectivity index (χ0v) is 17.7. The number of imide groups is 1. The van der Waals surface area contributed by atoms with Gasteiger partial charge in [-0.15, -0.1) is 0 Å². The molecule has 2 aliphatic rings. The molecule has 1 aliphatic heterocycles. The lowest BCUT2D eigenvalue weighted by atomic mass is 9.73. The van der Waals surface area contributed by atoms with E-state index in [1.807, 2.05) is 26.0 Å². The Labute approximate surface area is 168 Å². The van der Waals surface area contributed by atoms with E-state index in [0.717, 1.165) is 29.3 Å². The van der Waals surface area contributed by atoms with Crippen LogP contribution in [0.25, 0.3) is 0 Å². The molecule has 1 spiro atoms. The molecule has 2 atom stereocenters. The molecule has 0 bridgehead atoms. The van der Waals surface area contributed by atoms with Crippen molar-refractivity contribution in [3.05, 3.63) is 22.2 Å². The van der Waals surface area contributed by atoms with Gasteiger partial charge >= 0.3 is 6.03 Å². The number of hydrogen-bond acceptors (Lipinski definition) is 4. The molecule has 27 heavy (non-hydrogen) atoms. The maximum Gasteiger partial charge on any atom is 0.325 e. The number of hydrogen-bond donors (Lipinski definition) is 1. The van der Waals surface area contributed by atoms with Gasteiger partial charge in [-0.05, 0) is 50.3 Å². The van der Waals surface area contributed by atoms with Crippen LogP contribution in [0.5, 0.6) is 11.5 Å². The Morgan fingerprint density at radius 2 is 1.85 bits per heavy atom. The lowest BCUT2D eigenvalue weighted by Crippen LogP contribution is -2.53. The summed E-state index contributed by atoms with van der Waals surface area (Å²) in [7, 11) is 0. The summed E-state index contributed by atoms with van der Waals surface area (Å²) in [4.78, 5) is 27.1. The van der Waals surface area contributed by atoms with Crippen LogP contribution < -0.4 is 14.8 Å². The van der Waals surface area contributed by atoms with Gasteiger partial charge in [-0.3, -0.25) is 9.69 Å². The minimum atomic E-state index is -0.740. The average Bonchev–Trinajstić information content (AvgIpc) is 2.86. The maximum atomic E-state index is 13.2. The van der Waals surface area contributed by atoms with Crippen molar-refractivity contribution in [1.29, 1.82) is 0 Å². The van der Waals surface area contributed by atoms with Gasteiger partial charge in [0.25, 0.3) is 5.91 Å². The van der Waals surface area contributed by atoms with Crippen LogP contribution in [-0.4, -0.2) is 35.6 Å². The van der Waals surface area contributed by atoms with Crippen molar-refractivity contribution >= 4 is 27.9 Å². The molecule has 1 N–H and O–H groups in total. The zero-order chi connectivity index (χ0) is 19.6. The molecule has 7 heteroatoms. The van der Waals surface area contributed by atoms with E-state index in [2.05, 4.69) is 28.2 Å². The van der Waals surface area contributed by atoms with E-state index in [-0.39, 0.29) is 24.4 Å². The number of ether oxygens (including phenoxy) is 2. The van der Waals surface area contributed by atoms with Crippen LogP contribution in [0.4, 0.5) is 4.79 Å². The Morgan fingerprint density at radius 1 is 1.19 bits per heavy atom. The van der Waals surface area contributed by atoms with Crippen molar-refractivity contribution in [1.82, 2.24) is 10.2 Å². The smallest absolute Gasteiger partial charge is 0.325 e. The van der Waals surface area contributed by atoms with Crippen molar-refractivity contribution in [3.8, 4) is 11.5 Å². The highest BCUT2D eigenvalue weighted by molar-refractivity contribution is 9.10. The molecular formula is C20H27BrN2O4. The fraction of sp³-hybridized carbons (Fsp3) is 0.600. The maximum absolute atomic E-state index is 13.2. The molecule has 1 aromatic rings. The molecule has 2 fully saturated rings. The van der Waals surface area contributed by atoms with E-state index in [9.17, 15) is 9.59 Å².